The number of carbonyl (C=O) groups is 1. The van der Waals surface area contributed by atoms with Crippen LogP contribution < -0.4 is 5.32 Å². The maximum atomic E-state index is 13.2. The van der Waals surface area contributed by atoms with E-state index in [9.17, 15) is 9.18 Å². The normalized spacial score (nSPS) is 10.9. The molecule has 0 atom stereocenters. The van der Waals surface area contributed by atoms with Crippen LogP contribution in [0.5, 0.6) is 0 Å². The smallest absolute Gasteiger partial charge is 0.231 e. The quantitative estimate of drug-likeness (QED) is 0.486. The van der Waals surface area contributed by atoms with Crippen molar-refractivity contribution in [3.8, 4) is 0 Å². The summed E-state index contributed by atoms with van der Waals surface area (Å²) in [4.78, 5) is 26.4. The maximum absolute atomic E-state index is 13.2. The van der Waals surface area contributed by atoms with Gasteiger partial charge in [-0.05, 0) is 24.3 Å². The molecule has 152 valence electrons. The van der Waals surface area contributed by atoms with Crippen molar-refractivity contribution in [2.75, 3.05) is 5.32 Å². The summed E-state index contributed by atoms with van der Waals surface area (Å²) < 4.78 is 16.4. The summed E-state index contributed by atoms with van der Waals surface area (Å²) in [5.74, 6) is -0.118. The average molecular weight is 424 g/mol. The fourth-order valence-electron chi connectivity index (χ4n) is 2.65. The Morgan fingerprint density at radius 1 is 1.23 bits per heavy atom. The molecule has 0 fully saturated rings. The number of hydrogen-bond donors (Lipinski definition) is 1. The van der Waals surface area contributed by atoms with Crippen LogP contribution in [0.3, 0.4) is 0 Å². The van der Waals surface area contributed by atoms with Gasteiger partial charge >= 0.3 is 0 Å². The number of benzene rings is 1. The molecule has 0 unspecified atom stereocenters. The number of aromatic nitrogens is 7. The van der Waals surface area contributed by atoms with Crippen molar-refractivity contribution in [1.29, 1.82) is 0 Å². The number of halogens is 1. The van der Waals surface area contributed by atoms with Gasteiger partial charge in [-0.25, -0.2) is 19.0 Å². The van der Waals surface area contributed by atoms with Gasteiger partial charge in [0.25, 0.3) is 0 Å². The van der Waals surface area contributed by atoms with E-state index in [0.29, 0.717) is 28.8 Å². The van der Waals surface area contributed by atoms with Gasteiger partial charge < -0.3 is 5.32 Å². The minimum Gasteiger partial charge on any atom is -0.309 e. The predicted octanol–water partition coefficient (Wildman–Crippen LogP) is 2.32. The molecule has 1 aromatic carbocycles. The van der Waals surface area contributed by atoms with Gasteiger partial charge in [-0.3, -0.25) is 14.5 Å². The van der Waals surface area contributed by atoms with Crippen LogP contribution in [0.25, 0.3) is 0 Å². The third-order valence-corrected chi connectivity index (χ3v) is 5.03. The standard InChI is InChI=1S/C19H17FN8OS/c1-27-7-6-17(26-27)25-18(29)8-16-19(30-15-4-2-13(20)3-5-15)22-9-14(24-16)10-28-12-21-11-23-28/h2-7,9,11-12H,8,10H2,1H3,(H,25,26,29). The third-order valence-electron chi connectivity index (χ3n) is 3.98. The SMILES string of the molecule is Cn1ccc(NC(=O)Cc2nc(Cn3cncn3)cnc2Sc2ccc(F)cc2)n1. The van der Waals surface area contributed by atoms with E-state index < -0.39 is 0 Å². The lowest BCUT2D eigenvalue weighted by atomic mass is 10.3. The molecule has 0 radical (unpaired) electrons. The molecule has 1 N–H and O–H groups in total. The number of anilines is 1. The van der Waals surface area contributed by atoms with E-state index >= 15 is 0 Å². The molecule has 9 nitrogen and oxygen atoms in total. The molecule has 0 saturated heterocycles. The van der Waals surface area contributed by atoms with Crippen molar-refractivity contribution >= 4 is 23.5 Å². The van der Waals surface area contributed by atoms with E-state index in [4.69, 9.17) is 0 Å². The first-order valence-electron chi connectivity index (χ1n) is 8.95. The molecular formula is C19H17FN8OS. The second kappa shape index (κ2) is 8.82. The van der Waals surface area contributed by atoms with E-state index in [1.165, 1.54) is 30.2 Å². The zero-order chi connectivity index (χ0) is 20.9. The number of amides is 1. The van der Waals surface area contributed by atoms with Gasteiger partial charge in [-0.1, -0.05) is 11.8 Å². The Morgan fingerprint density at radius 2 is 2.07 bits per heavy atom. The van der Waals surface area contributed by atoms with Crippen LogP contribution in [0.2, 0.25) is 0 Å². The van der Waals surface area contributed by atoms with Gasteiger partial charge in [0.2, 0.25) is 5.91 Å². The molecule has 0 aliphatic carbocycles. The first kappa shape index (κ1) is 19.7. The first-order chi connectivity index (χ1) is 14.5. The molecule has 0 bridgehead atoms. The van der Waals surface area contributed by atoms with Crippen LogP contribution in [0.4, 0.5) is 10.2 Å². The van der Waals surface area contributed by atoms with Gasteiger partial charge in [0.1, 0.15) is 23.5 Å². The highest BCUT2D eigenvalue weighted by atomic mass is 32.2. The number of rotatable bonds is 7. The molecule has 3 aromatic heterocycles. The summed E-state index contributed by atoms with van der Waals surface area (Å²) in [6, 6.07) is 7.77. The molecule has 11 heteroatoms. The predicted molar refractivity (Wildman–Crippen MR) is 107 cm³/mol. The lowest BCUT2D eigenvalue weighted by molar-refractivity contribution is -0.115. The third kappa shape index (κ3) is 5.06. The topological polar surface area (TPSA) is 103 Å². The number of nitrogens with one attached hydrogen (secondary N) is 1. The molecule has 4 aromatic rings. The Bertz CT molecular complexity index is 1140. The number of aryl methyl sites for hydroxylation is 1. The van der Waals surface area contributed by atoms with Crippen LogP contribution in [0, 0.1) is 5.82 Å². The van der Waals surface area contributed by atoms with E-state index in [2.05, 4.69) is 30.5 Å². The summed E-state index contributed by atoms with van der Waals surface area (Å²) in [6.07, 6.45) is 6.40. The van der Waals surface area contributed by atoms with Crippen molar-refractivity contribution in [3.05, 3.63) is 72.6 Å². The lowest BCUT2D eigenvalue weighted by Gasteiger charge is -2.10. The Morgan fingerprint density at radius 3 is 2.77 bits per heavy atom. The number of nitrogens with zero attached hydrogens (tertiary/aromatic N) is 7. The molecule has 0 aliphatic rings. The molecule has 1 amide bonds. The van der Waals surface area contributed by atoms with Crippen LogP contribution in [-0.4, -0.2) is 40.4 Å². The zero-order valence-electron chi connectivity index (χ0n) is 15.9. The lowest BCUT2D eigenvalue weighted by Crippen LogP contribution is -2.17. The van der Waals surface area contributed by atoms with Crippen molar-refractivity contribution in [3.63, 3.8) is 0 Å². The molecular weight excluding hydrogens is 407 g/mol. The van der Waals surface area contributed by atoms with Gasteiger partial charge in [0.15, 0.2) is 5.82 Å². The van der Waals surface area contributed by atoms with Crippen LogP contribution in [0.15, 0.2) is 65.3 Å². The molecule has 30 heavy (non-hydrogen) atoms. The first-order valence-corrected chi connectivity index (χ1v) is 9.77. The molecule has 0 aliphatic heterocycles. The van der Waals surface area contributed by atoms with Crippen molar-refractivity contribution in [2.45, 2.75) is 22.9 Å². The van der Waals surface area contributed by atoms with Crippen LogP contribution >= 0.6 is 11.8 Å². The summed E-state index contributed by atoms with van der Waals surface area (Å²) in [6.45, 7) is 0.378. The number of carbonyl (C=O) groups excluding carboxylic acids is 1. The van der Waals surface area contributed by atoms with Gasteiger partial charge in [-0.2, -0.15) is 10.2 Å². The van der Waals surface area contributed by atoms with Gasteiger partial charge in [0, 0.05) is 24.2 Å². The largest absolute Gasteiger partial charge is 0.309 e. The van der Waals surface area contributed by atoms with Gasteiger partial charge in [-0.15, -0.1) is 0 Å². The van der Waals surface area contributed by atoms with Gasteiger partial charge in [0.05, 0.1) is 30.6 Å². The van der Waals surface area contributed by atoms with Crippen molar-refractivity contribution < 1.29 is 9.18 Å². The average Bonchev–Trinajstić information content (AvgIpc) is 3.37. The minimum atomic E-state index is -0.316. The highest BCUT2D eigenvalue weighted by Gasteiger charge is 2.15. The van der Waals surface area contributed by atoms with E-state index in [0.717, 1.165) is 4.90 Å². The van der Waals surface area contributed by atoms with E-state index in [-0.39, 0.29) is 18.1 Å². The summed E-state index contributed by atoms with van der Waals surface area (Å²) in [5, 5.41) is 11.5. The fourth-order valence-corrected chi connectivity index (χ4v) is 3.49. The number of hydrogen-bond acceptors (Lipinski definition) is 7. The fraction of sp³-hybridized carbons (Fsp3) is 0.158. The Balaban J connectivity index is 1.57. The Labute approximate surface area is 175 Å². The minimum absolute atomic E-state index is 0.0122. The maximum Gasteiger partial charge on any atom is 0.231 e. The summed E-state index contributed by atoms with van der Waals surface area (Å²) in [7, 11) is 1.77. The molecule has 3 heterocycles. The van der Waals surface area contributed by atoms with E-state index in [1.807, 2.05) is 0 Å². The van der Waals surface area contributed by atoms with Crippen molar-refractivity contribution in [1.82, 2.24) is 34.5 Å². The second-order valence-electron chi connectivity index (χ2n) is 6.36. The zero-order valence-corrected chi connectivity index (χ0v) is 16.8. The molecule has 4 rings (SSSR count). The molecule has 0 saturated carbocycles. The highest BCUT2D eigenvalue weighted by molar-refractivity contribution is 7.99. The van der Waals surface area contributed by atoms with E-state index in [1.54, 1.807) is 53.3 Å². The highest BCUT2D eigenvalue weighted by Crippen LogP contribution is 2.28. The summed E-state index contributed by atoms with van der Waals surface area (Å²) >= 11 is 1.32. The molecule has 0 spiro atoms. The second-order valence-corrected chi connectivity index (χ2v) is 7.42. The van der Waals surface area contributed by atoms with Crippen molar-refractivity contribution in [2.24, 2.45) is 7.05 Å². The Hall–Kier alpha value is -3.60. The Kier molecular flexibility index (Phi) is 5.80. The van der Waals surface area contributed by atoms with Crippen LogP contribution in [0.1, 0.15) is 11.4 Å². The van der Waals surface area contributed by atoms with Crippen LogP contribution in [-0.2, 0) is 24.8 Å². The summed E-state index contributed by atoms with van der Waals surface area (Å²) in [5.41, 5.74) is 1.15. The monoisotopic (exact) mass is 424 g/mol.